The number of benzene rings is 1. The molecule has 0 radical (unpaired) electrons. The van der Waals surface area contributed by atoms with E-state index in [0.717, 1.165) is 5.56 Å². The lowest BCUT2D eigenvalue weighted by atomic mass is 9.79. The standard InChI is InChI=1S/C18H23NO6/c1-5-23-15(21)18(25-19-16(22)24-17(2,3)4)11-10-12-8-6-7-9-13(12)14(18)20/h6-9H,5,10-11H2,1-4H3,(H,19,22). The molecule has 7 nitrogen and oxygen atoms in total. The Hall–Kier alpha value is -2.41. The third-order valence-corrected chi connectivity index (χ3v) is 3.69. The van der Waals surface area contributed by atoms with Gasteiger partial charge in [0.1, 0.15) is 5.60 Å². The molecule has 25 heavy (non-hydrogen) atoms. The molecule has 1 amide bonds. The van der Waals surface area contributed by atoms with Gasteiger partial charge in [0, 0.05) is 12.0 Å². The number of aryl methyl sites for hydroxylation is 1. The first-order chi connectivity index (χ1) is 11.7. The number of rotatable bonds is 4. The van der Waals surface area contributed by atoms with E-state index < -0.39 is 29.0 Å². The number of ketones is 1. The zero-order valence-corrected chi connectivity index (χ0v) is 14.9. The monoisotopic (exact) mass is 349 g/mol. The minimum Gasteiger partial charge on any atom is -0.463 e. The van der Waals surface area contributed by atoms with Crippen molar-refractivity contribution in [2.45, 2.75) is 51.7 Å². The van der Waals surface area contributed by atoms with E-state index in [0.29, 0.717) is 12.0 Å². The summed E-state index contributed by atoms with van der Waals surface area (Å²) in [6.07, 6.45) is -0.378. The first-order valence-corrected chi connectivity index (χ1v) is 8.16. The summed E-state index contributed by atoms with van der Waals surface area (Å²) in [5, 5.41) is 0. The molecular weight excluding hydrogens is 326 g/mol. The van der Waals surface area contributed by atoms with Crippen molar-refractivity contribution in [2.24, 2.45) is 0 Å². The molecule has 1 aliphatic carbocycles. The molecule has 1 aromatic rings. The second kappa shape index (κ2) is 7.23. The van der Waals surface area contributed by atoms with Crippen molar-refractivity contribution in [3.8, 4) is 0 Å². The van der Waals surface area contributed by atoms with Gasteiger partial charge in [0.15, 0.2) is 0 Å². The zero-order chi connectivity index (χ0) is 18.7. The molecule has 0 spiro atoms. The number of nitrogens with one attached hydrogen (secondary N) is 1. The molecule has 1 unspecified atom stereocenters. The van der Waals surface area contributed by atoms with Crippen LogP contribution >= 0.6 is 0 Å². The Labute approximate surface area is 146 Å². The fourth-order valence-electron chi connectivity index (χ4n) is 2.61. The highest BCUT2D eigenvalue weighted by atomic mass is 16.7. The molecule has 0 aromatic heterocycles. The summed E-state index contributed by atoms with van der Waals surface area (Å²) in [4.78, 5) is 42.6. The van der Waals surface area contributed by atoms with E-state index in [1.54, 1.807) is 39.8 Å². The first-order valence-electron chi connectivity index (χ1n) is 8.16. The Kier molecular flexibility index (Phi) is 5.47. The van der Waals surface area contributed by atoms with Gasteiger partial charge in [-0.1, -0.05) is 24.3 Å². The highest BCUT2D eigenvalue weighted by Crippen LogP contribution is 2.32. The number of hydroxylamine groups is 1. The summed E-state index contributed by atoms with van der Waals surface area (Å²) in [5.74, 6) is -1.37. The Morgan fingerprint density at radius 1 is 1.24 bits per heavy atom. The van der Waals surface area contributed by atoms with Gasteiger partial charge in [-0.2, -0.15) is 5.48 Å². The van der Waals surface area contributed by atoms with Gasteiger partial charge in [-0.05, 0) is 39.7 Å². The van der Waals surface area contributed by atoms with Gasteiger partial charge in [0.25, 0.3) is 5.60 Å². The van der Waals surface area contributed by atoms with Crippen LogP contribution in [0.5, 0.6) is 0 Å². The summed E-state index contributed by atoms with van der Waals surface area (Å²) < 4.78 is 10.1. The zero-order valence-electron chi connectivity index (χ0n) is 14.9. The molecule has 136 valence electrons. The third-order valence-electron chi connectivity index (χ3n) is 3.69. The van der Waals surface area contributed by atoms with Crippen molar-refractivity contribution < 1.29 is 28.7 Å². The van der Waals surface area contributed by atoms with Gasteiger partial charge in [0.2, 0.25) is 5.78 Å². The number of esters is 1. The van der Waals surface area contributed by atoms with E-state index in [2.05, 4.69) is 5.48 Å². The van der Waals surface area contributed by atoms with Crippen LogP contribution in [0.3, 0.4) is 0 Å². The van der Waals surface area contributed by atoms with Gasteiger partial charge in [-0.25, -0.2) is 14.4 Å². The fraction of sp³-hybridized carbons (Fsp3) is 0.500. The van der Waals surface area contributed by atoms with E-state index in [9.17, 15) is 14.4 Å². The number of carbonyl (C=O) groups excluding carboxylic acids is 3. The fourth-order valence-corrected chi connectivity index (χ4v) is 2.61. The van der Waals surface area contributed by atoms with Crippen LogP contribution in [0.25, 0.3) is 0 Å². The summed E-state index contributed by atoms with van der Waals surface area (Å²) in [6, 6.07) is 6.98. The van der Waals surface area contributed by atoms with Crippen molar-refractivity contribution in [3.05, 3.63) is 35.4 Å². The Morgan fingerprint density at radius 2 is 1.92 bits per heavy atom. The quantitative estimate of drug-likeness (QED) is 0.510. The highest BCUT2D eigenvalue weighted by Gasteiger charge is 2.53. The molecule has 0 saturated heterocycles. The Bertz CT molecular complexity index is 678. The second-order valence-electron chi connectivity index (χ2n) is 6.74. The molecule has 1 atom stereocenters. The van der Waals surface area contributed by atoms with Crippen LogP contribution in [0.4, 0.5) is 4.79 Å². The van der Waals surface area contributed by atoms with Crippen LogP contribution in [0, 0.1) is 0 Å². The molecule has 0 fully saturated rings. The largest absolute Gasteiger partial charge is 0.463 e. The van der Waals surface area contributed by atoms with Crippen LogP contribution in [0.15, 0.2) is 24.3 Å². The Balaban J connectivity index is 2.26. The maximum atomic E-state index is 12.9. The molecule has 2 rings (SSSR count). The molecule has 1 N–H and O–H groups in total. The number of ether oxygens (including phenoxy) is 2. The minimum atomic E-state index is -1.92. The number of Topliss-reactive ketones (excluding diaryl/α,β-unsaturated/α-hetero) is 1. The van der Waals surface area contributed by atoms with Crippen molar-refractivity contribution in [3.63, 3.8) is 0 Å². The number of carbonyl (C=O) groups is 3. The lowest BCUT2D eigenvalue weighted by molar-refractivity contribution is -0.174. The minimum absolute atomic E-state index is 0.0669. The van der Waals surface area contributed by atoms with E-state index in [-0.39, 0.29) is 13.0 Å². The molecular formula is C18H23NO6. The van der Waals surface area contributed by atoms with Crippen LogP contribution < -0.4 is 5.48 Å². The second-order valence-corrected chi connectivity index (χ2v) is 6.74. The van der Waals surface area contributed by atoms with Crippen LogP contribution in [-0.2, 0) is 25.5 Å². The van der Waals surface area contributed by atoms with E-state index in [1.165, 1.54) is 0 Å². The average Bonchev–Trinajstić information content (AvgIpc) is 2.53. The molecule has 0 saturated carbocycles. The van der Waals surface area contributed by atoms with Crippen molar-refractivity contribution in [1.29, 1.82) is 0 Å². The lowest BCUT2D eigenvalue weighted by Crippen LogP contribution is -2.56. The predicted octanol–water partition coefficient (Wildman–Crippen LogP) is 2.57. The van der Waals surface area contributed by atoms with Gasteiger partial charge in [-0.15, -0.1) is 0 Å². The number of fused-ring (bicyclic) bond motifs is 1. The first kappa shape index (κ1) is 18.9. The number of hydrogen-bond acceptors (Lipinski definition) is 6. The molecule has 1 aliphatic rings. The summed E-state index contributed by atoms with van der Waals surface area (Å²) in [6.45, 7) is 6.79. The van der Waals surface area contributed by atoms with Gasteiger partial charge < -0.3 is 9.47 Å². The maximum Gasteiger partial charge on any atom is 0.431 e. The predicted molar refractivity (Wildman–Crippen MR) is 88.9 cm³/mol. The SMILES string of the molecule is CCOC(=O)C1(ONC(=O)OC(C)(C)C)CCc2ccccc2C1=O. The van der Waals surface area contributed by atoms with E-state index in [4.69, 9.17) is 14.3 Å². The molecule has 0 bridgehead atoms. The normalized spacial score (nSPS) is 19.8. The maximum absolute atomic E-state index is 12.9. The molecule has 0 heterocycles. The van der Waals surface area contributed by atoms with Gasteiger partial charge in [0.05, 0.1) is 6.61 Å². The smallest absolute Gasteiger partial charge is 0.431 e. The van der Waals surface area contributed by atoms with Crippen molar-refractivity contribution in [2.75, 3.05) is 6.61 Å². The molecule has 7 heteroatoms. The highest BCUT2D eigenvalue weighted by molar-refractivity contribution is 6.17. The van der Waals surface area contributed by atoms with Gasteiger partial charge >= 0.3 is 12.1 Å². The summed E-state index contributed by atoms with van der Waals surface area (Å²) in [7, 11) is 0. The molecule has 0 aliphatic heterocycles. The van der Waals surface area contributed by atoms with Crippen LogP contribution in [0.2, 0.25) is 0 Å². The average molecular weight is 349 g/mol. The third kappa shape index (κ3) is 4.17. The van der Waals surface area contributed by atoms with Crippen LogP contribution in [0.1, 0.15) is 50.0 Å². The number of hydrogen-bond donors (Lipinski definition) is 1. The lowest BCUT2D eigenvalue weighted by Gasteiger charge is -2.33. The summed E-state index contributed by atoms with van der Waals surface area (Å²) in [5.41, 5.74) is 0.619. The summed E-state index contributed by atoms with van der Waals surface area (Å²) >= 11 is 0. The molecule has 1 aromatic carbocycles. The van der Waals surface area contributed by atoms with Gasteiger partial charge in [-0.3, -0.25) is 4.79 Å². The topological polar surface area (TPSA) is 90.9 Å². The van der Waals surface area contributed by atoms with Crippen molar-refractivity contribution >= 4 is 17.8 Å². The van der Waals surface area contributed by atoms with E-state index in [1.807, 2.05) is 12.1 Å². The van der Waals surface area contributed by atoms with Crippen LogP contribution in [-0.4, -0.2) is 35.7 Å². The Morgan fingerprint density at radius 3 is 2.56 bits per heavy atom. The van der Waals surface area contributed by atoms with Crippen molar-refractivity contribution in [1.82, 2.24) is 5.48 Å². The number of amides is 1. The van der Waals surface area contributed by atoms with E-state index >= 15 is 0 Å².